The van der Waals surface area contributed by atoms with Gasteiger partial charge in [-0.05, 0) is 35.3 Å². The van der Waals surface area contributed by atoms with Crippen molar-refractivity contribution in [2.75, 3.05) is 19.0 Å². The van der Waals surface area contributed by atoms with Crippen molar-refractivity contribution in [3.05, 3.63) is 15.9 Å². The van der Waals surface area contributed by atoms with Gasteiger partial charge >= 0.3 is 0 Å². The maximum atomic E-state index is 5.83. The van der Waals surface area contributed by atoms with E-state index in [0.717, 1.165) is 42.6 Å². The second-order valence-electron chi connectivity index (χ2n) is 4.15. The van der Waals surface area contributed by atoms with E-state index in [2.05, 4.69) is 39.8 Å². The average molecular weight is 323 g/mol. The molecule has 1 aromatic heterocycles. The summed E-state index contributed by atoms with van der Waals surface area (Å²) in [6.45, 7) is 7.22. The van der Waals surface area contributed by atoms with Crippen LogP contribution in [0.1, 0.15) is 31.7 Å². The maximum Gasteiger partial charge on any atom is 0.0767 e. The van der Waals surface area contributed by atoms with Gasteiger partial charge in [0.15, 0.2) is 0 Å². The minimum Gasteiger partial charge on any atom is -0.296 e. The molecule has 3 nitrogen and oxygen atoms in total. The lowest BCUT2D eigenvalue weighted by Gasteiger charge is -2.20. The first-order valence-corrected chi connectivity index (χ1v) is 7.45. The molecule has 1 rings (SSSR count). The Labute approximate surface area is 117 Å². The van der Waals surface area contributed by atoms with Crippen molar-refractivity contribution in [3.8, 4) is 0 Å². The Morgan fingerprint density at radius 3 is 2.53 bits per heavy atom. The molecule has 0 fully saturated rings. The highest BCUT2D eigenvalue weighted by molar-refractivity contribution is 9.10. The molecule has 0 saturated heterocycles. The third-order valence-corrected chi connectivity index (χ3v) is 3.90. The molecule has 0 N–H and O–H groups in total. The molecule has 0 aliphatic rings. The molecule has 5 heteroatoms. The van der Waals surface area contributed by atoms with Crippen LogP contribution in [0.4, 0.5) is 0 Å². The highest BCUT2D eigenvalue weighted by Crippen LogP contribution is 2.22. The minimum atomic E-state index is 0.677. The number of aromatic nitrogens is 2. The van der Waals surface area contributed by atoms with Crippen LogP contribution >= 0.6 is 27.5 Å². The lowest BCUT2D eigenvalue weighted by molar-refractivity contribution is 0.274. The monoisotopic (exact) mass is 321 g/mol. The molecular weight excluding hydrogens is 302 g/mol. The quantitative estimate of drug-likeness (QED) is 0.719. The van der Waals surface area contributed by atoms with Crippen LogP contribution in [0, 0.1) is 0 Å². The second-order valence-corrected chi connectivity index (χ2v) is 5.32. The van der Waals surface area contributed by atoms with E-state index in [1.54, 1.807) is 0 Å². The molecule has 0 bridgehead atoms. The van der Waals surface area contributed by atoms with Crippen LogP contribution < -0.4 is 0 Å². The molecule has 1 heterocycles. The summed E-state index contributed by atoms with van der Waals surface area (Å²) in [7, 11) is 2.00. The Bertz CT molecular complexity index is 346. The summed E-state index contributed by atoms with van der Waals surface area (Å²) >= 11 is 9.48. The molecule has 0 spiro atoms. The van der Waals surface area contributed by atoms with Crippen LogP contribution in [0.25, 0.3) is 0 Å². The van der Waals surface area contributed by atoms with Gasteiger partial charge in [-0.1, -0.05) is 13.8 Å². The average Bonchev–Trinajstić information content (AvgIpc) is 2.57. The highest BCUT2D eigenvalue weighted by Gasteiger charge is 2.15. The third-order valence-electron chi connectivity index (χ3n) is 2.82. The van der Waals surface area contributed by atoms with Crippen molar-refractivity contribution in [1.29, 1.82) is 0 Å². The summed E-state index contributed by atoms with van der Waals surface area (Å²) in [6, 6.07) is 0. The van der Waals surface area contributed by atoms with Gasteiger partial charge in [-0.3, -0.25) is 9.58 Å². The fourth-order valence-electron chi connectivity index (χ4n) is 1.91. The number of rotatable bonds is 7. The van der Waals surface area contributed by atoms with Gasteiger partial charge in [0.1, 0.15) is 0 Å². The summed E-state index contributed by atoms with van der Waals surface area (Å²) in [5, 5.41) is 4.51. The first-order valence-electron chi connectivity index (χ1n) is 6.12. The zero-order chi connectivity index (χ0) is 12.8. The normalized spacial score (nSPS) is 11.4. The van der Waals surface area contributed by atoms with Gasteiger partial charge in [0.05, 0.1) is 15.9 Å². The summed E-state index contributed by atoms with van der Waals surface area (Å²) < 4.78 is 3.12. The Morgan fingerprint density at radius 1 is 1.35 bits per heavy atom. The van der Waals surface area contributed by atoms with Crippen LogP contribution in [0.5, 0.6) is 0 Å². The fraction of sp³-hybridized carbons (Fsp3) is 0.750. The van der Waals surface area contributed by atoms with Crippen LogP contribution in [-0.2, 0) is 20.0 Å². The number of aryl methyl sites for hydroxylation is 2. The molecule has 0 radical (unpaired) electrons. The fourth-order valence-corrected chi connectivity index (χ4v) is 2.89. The summed E-state index contributed by atoms with van der Waals surface area (Å²) in [6.07, 6.45) is 2.10. The molecule has 0 amide bonds. The standard InChI is InChI=1S/C12H21BrClN3/c1-4-7-17(8-6-14)9-11-12(13)10(5-2)15-16(11)3/h4-9H2,1-3H3. The predicted molar refractivity (Wildman–Crippen MR) is 76.6 cm³/mol. The Kier molecular flexibility index (Phi) is 6.52. The first-order chi connectivity index (χ1) is 8.13. The van der Waals surface area contributed by atoms with Crippen LogP contribution in [-0.4, -0.2) is 33.6 Å². The molecule has 0 unspecified atom stereocenters. The Morgan fingerprint density at radius 2 is 2.06 bits per heavy atom. The molecule has 0 aliphatic heterocycles. The Hall–Kier alpha value is -0.0600. The first kappa shape index (κ1) is 15.0. The van der Waals surface area contributed by atoms with Crippen molar-refractivity contribution >= 4 is 27.5 Å². The third kappa shape index (κ3) is 3.97. The smallest absolute Gasteiger partial charge is 0.0767 e. The number of hydrogen-bond donors (Lipinski definition) is 0. The zero-order valence-electron chi connectivity index (χ0n) is 10.8. The van der Waals surface area contributed by atoms with Crippen LogP contribution in [0.2, 0.25) is 0 Å². The van der Waals surface area contributed by atoms with Gasteiger partial charge < -0.3 is 0 Å². The van der Waals surface area contributed by atoms with E-state index < -0.39 is 0 Å². The SMILES string of the molecule is CCCN(CCCl)Cc1c(Br)c(CC)nn1C. The molecule has 98 valence electrons. The van der Waals surface area contributed by atoms with Crippen LogP contribution in [0.15, 0.2) is 4.47 Å². The number of alkyl halides is 1. The molecule has 0 aliphatic carbocycles. The van der Waals surface area contributed by atoms with Gasteiger partial charge in [0.2, 0.25) is 0 Å². The molecule has 17 heavy (non-hydrogen) atoms. The Balaban J connectivity index is 2.80. The number of hydrogen-bond acceptors (Lipinski definition) is 2. The summed E-state index contributed by atoms with van der Waals surface area (Å²) in [4.78, 5) is 2.37. The molecule has 0 aromatic carbocycles. The van der Waals surface area contributed by atoms with E-state index in [-0.39, 0.29) is 0 Å². The molecule has 0 saturated carbocycles. The summed E-state index contributed by atoms with van der Waals surface area (Å²) in [5.74, 6) is 0.677. The van der Waals surface area contributed by atoms with Gasteiger partial charge in [-0.15, -0.1) is 11.6 Å². The molecule has 0 atom stereocenters. The number of halogens is 2. The van der Waals surface area contributed by atoms with E-state index in [1.807, 2.05) is 11.7 Å². The van der Waals surface area contributed by atoms with Gasteiger partial charge in [-0.25, -0.2) is 0 Å². The molecular formula is C12H21BrClN3. The van der Waals surface area contributed by atoms with Crippen molar-refractivity contribution in [2.24, 2.45) is 7.05 Å². The lowest BCUT2D eigenvalue weighted by Crippen LogP contribution is -2.27. The van der Waals surface area contributed by atoms with Crippen molar-refractivity contribution in [2.45, 2.75) is 33.2 Å². The summed E-state index contributed by atoms with van der Waals surface area (Å²) in [5.41, 5.74) is 2.37. The van der Waals surface area contributed by atoms with Gasteiger partial charge in [0, 0.05) is 26.0 Å². The minimum absolute atomic E-state index is 0.677. The predicted octanol–water partition coefficient (Wildman–Crippen LogP) is 3.20. The largest absolute Gasteiger partial charge is 0.296 e. The van der Waals surface area contributed by atoms with Crippen molar-refractivity contribution in [3.63, 3.8) is 0 Å². The van der Waals surface area contributed by atoms with E-state index in [1.165, 1.54) is 5.69 Å². The van der Waals surface area contributed by atoms with Crippen molar-refractivity contribution < 1.29 is 0 Å². The van der Waals surface area contributed by atoms with E-state index in [9.17, 15) is 0 Å². The lowest BCUT2D eigenvalue weighted by atomic mass is 10.3. The number of nitrogens with zero attached hydrogens (tertiary/aromatic N) is 3. The maximum absolute atomic E-state index is 5.83. The molecule has 1 aromatic rings. The van der Waals surface area contributed by atoms with Gasteiger partial charge in [0.25, 0.3) is 0 Å². The van der Waals surface area contributed by atoms with E-state index >= 15 is 0 Å². The van der Waals surface area contributed by atoms with Gasteiger partial charge in [-0.2, -0.15) is 5.10 Å². The zero-order valence-corrected chi connectivity index (χ0v) is 13.2. The van der Waals surface area contributed by atoms with Crippen molar-refractivity contribution in [1.82, 2.24) is 14.7 Å². The van der Waals surface area contributed by atoms with E-state index in [0.29, 0.717) is 5.88 Å². The van der Waals surface area contributed by atoms with E-state index in [4.69, 9.17) is 11.6 Å². The second kappa shape index (κ2) is 7.39. The van der Waals surface area contributed by atoms with Crippen LogP contribution in [0.3, 0.4) is 0 Å². The highest BCUT2D eigenvalue weighted by atomic mass is 79.9. The topological polar surface area (TPSA) is 21.1 Å².